The smallest absolute Gasteiger partial charge is 0.0144 e. The predicted octanol–water partition coefficient (Wildman–Crippen LogP) is 7.56. The molecule has 0 heterocycles. The minimum atomic E-state index is -1.26. The zero-order valence-electron chi connectivity index (χ0n) is 12.9. The summed E-state index contributed by atoms with van der Waals surface area (Å²) in [6.07, 6.45) is 21.0. The molecule has 1 rings (SSSR count). The maximum absolute atomic E-state index is 4.67. The van der Waals surface area contributed by atoms with Crippen LogP contribution in [0.5, 0.6) is 0 Å². The van der Waals surface area contributed by atoms with Gasteiger partial charge in [-0.25, -0.2) is 0 Å². The first-order valence-corrected chi connectivity index (χ1v) is 13.5. The molecule has 1 saturated carbocycles. The summed E-state index contributed by atoms with van der Waals surface area (Å²) in [5.41, 5.74) is 0. The van der Waals surface area contributed by atoms with Crippen molar-refractivity contribution in [2.75, 3.05) is 0 Å². The Bertz CT molecular complexity index is 209. The molecule has 122 valence electrons. The first kappa shape index (κ1) is 19.4. The molecule has 0 nitrogen and oxygen atoms in total. The van der Waals surface area contributed by atoms with Crippen LogP contribution in [0.1, 0.15) is 96.3 Å². The molecular weight excluding hydrogens is 320 g/mol. The molecule has 0 aromatic heterocycles. The zero-order valence-corrected chi connectivity index (χ0v) is 16.4. The Morgan fingerprint density at radius 1 is 0.450 bits per heavy atom. The highest BCUT2D eigenvalue weighted by Gasteiger charge is 2.22. The molecule has 0 unspecified atom stereocenters. The summed E-state index contributed by atoms with van der Waals surface area (Å²) in [6.45, 7) is 0. The number of hydrogen-bond acceptors (Lipinski definition) is 3. The molecule has 1 fully saturated rings. The fourth-order valence-corrected chi connectivity index (χ4v) is 6.01. The summed E-state index contributed by atoms with van der Waals surface area (Å²) in [5.74, 6) is 0. The van der Waals surface area contributed by atoms with E-state index in [1.807, 2.05) is 0 Å². The fourth-order valence-electron chi connectivity index (χ4n) is 3.15. The molecule has 0 aromatic rings. The van der Waals surface area contributed by atoms with E-state index in [4.69, 9.17) is 0 Å². The minimum absolute atomic E-state index is 0.630. The van der Waals surface area contributed by atoms with Crippen LogP contribution in [0.4, 0.5) is 0 Å². The van der Waals surface area contributed by atoms with E-state index in [0.29, 0.717) is 5.25 Å². The summed E-state index contributed by atoms with van der Waals surface area (Å²) >= 11 is 14.0. The van der Waals surface area contributed by atoms with Crippen LogP contribution in [-0.4, -0.2) is 5.25 Å². The fraction of sp³-hybridized carbons (Fsp3) is 1.00. The highest BCUT2D eigenvalue weighted by Crippen LogP contribution is 2.67. The Hall–Kier alpha value is 1.40. The van der Waals surface area contributed by atoms with Gasteiger partial charge in [0.1, 0.15) is 0 Å². The van der Waals surface area contributed by atoms with Crippen LogP contribution >= 0.6 is 42.1 Å². The maximum Gasteiger partial charge on any atom is 0.0144 e. The predicted molar refractivity (Wildman–Crippen MR) is 108 cm³/mol. The number of hydrogen-bond donors (Lipinski definition) is 3. The van der Waals surface area contributed by atoms with Gasteiger partial charge in [-0.15, -0.1) is 35.0 Å². The van der Waals surface area contributed by atoms with Crippen LogP contribution < -0.4 is 0 Å². The second-order valence-electron chi connectivity index (χ2n) is 6.36. The van der Waals surface area contributed by atoms with Crippen LogP contribution in [0.2, 0.25) is 0 Å². The monoisotopic (exact) mass is 354 g/mol. The highest BCUT2D eigenvalue weighted by atomic mass is 33.8. The third-order valence-corrected chi connectivity index (χ3v) is 8.55. The third kappa shape index (κ3) is 10.2. The molecule has 0 bridgehead atoms. The molecule has 0 aromatic carbocycles. The van der Waals surface area contributed by atoms with Crippen molar-refractivity contribution < 1.29 is 0 Å². The van der Waals surface area contributed by atoms with Gasteiger partial charge in [0.2, 0.25) is 0 Å². The number of rotatable bonds is 1. The molecule has 0 atom stereocenters. The van der Waals surface area contributed by atoms with Crippen LogP contribution in [-0.2, 0) is 0 Å². The van der Waals surface area contributed by atoms with Gasteiger partial charge >= 0.3 is 0 Å². The summed E-state index contributed by atoms with van der Waals surface area (Å²) in [5, 5.41) is 0.630. The maximum atomic E-state index is 4.67. The molecule has 1 aliphatic carbocycles. The van der Waals surface area contributed by atoms with Crippen molar-refractivity contribution in [3.63, 3.8) is 0 Å². The normalized spacial score (nSPS) is 24.4. The SMILES string of the molecule is SS(S)(S)C1CCCCCCCCCCCCCCC1. The topological polar surface area (TPSA) is 0 Å². The van der Waals surface area contributed by atoms with Crippen molar-refractivity contribution in [1.82, 2.24) is 0 Å². The molecule has 0 aliphatic heterocycles. The van der Waals surface area contributed by atoms with E-state index in [2.05, 4.69) is 35.0 Å². The van der Waals surface area contributed by atoms with Gasteiger partial charge in [-0.05, 0) is 12.8 Å². The molecular formula is C16H34S4. The van der Waals surface area contributed by atoms with E-state index in [1.54, 1.807) is 0 Å². The number of thiol groups is 3. The molecule has 0 saturated heterocycles. The van der Waals surface area contributed by atoms with Crippen molar-refractivity contribution in [3.8, 4) is 0 Å². The van der Waals surface area contributed by atoms with Crippen molar-refractivity contribution in [3.05, 3.63) is 0 Å². The molecule has 0 radical (unpaired) electrons. The molecule has 1 aliphatic rings. The van der Waals surface area contributed by atoms with E-state index >= 15 is 0 Å². The lowest BCUT2D eigenvalue weighted by atomic mass is 10.0. The van der Waals surface area contributed by atoms with Gasteiger partial charge in [0.05, 0.1) is 0 Å². The van der Waals surface area contributed by atoms with Crippen LogP contribution in [0.3, 0.4) is 0 Å². The Labute approximate surface area is 143 Å². The molecule has 4 heteroatoms. The van der Waals surface area contributed by atoms with E-state index in [1.165, 1.54) is 96.3 Å². The largest absolute Gasteiger partial charge is 0.112 e. The Kier molecular flexibility index (Phi) is 11.6. The van der Waals surface area contributed by atoms with Crippen molar-refractivity contribution in [1.29, 1.82) is 0 Å². The lowest BCUT2D eigenvalue weighted by molar-refractivity contribution is 0.508. The van der Waals surface area contributed by atoms with E-state index < -0.39 is 7.12 Å². The lowest BCUT2D eigenvalue weighted by Crippen LogP contribution is -2.08. The second-order valence-corrected chi connectivity index (χ2v) is 15.9. The van der Waals surface area contributed by atoms with E-state index in [9.17, 15) is 0 Å². The quantitative estimate of drug-likeness (QED) is 0.314. The highest BCUT2D eigenvalue weighted by molar-refractivity contribution is 9.40. The van der Waals surface area contributed by atoms with Crippen LogP contribution in [0.15, 0.2) is 0 Å². The average Bonchev–Trinajstić information content (AvgIpc) is 2.37. The first-order chi connectivity index (χ1) is 9.61. The average molecular weight is 355 g/mol. The summed E-state index contributed by atoms with van der Waals surface area (Å²) in [7, 11) is -1.26. The van der Waals surface area contributed by atoms with Crippen LogP contribution in [0, 0.1) is 0 Å². The van der Waals surface area contributed by atoms with E-state index in [0.717, 1.165) is 0 Å². The van der Waals surface area contributed by atoms with Crippen LogP contribution in [0.25, 0.3) is 0 Å². The van der Waals surface area contributed by atoms with Gasteiger partial charge in [0.15, 0.2) is 0 Å². The summed E-state index contributed by atoms with van der Waals surface area (Å²) < 4.78 is 0. The van der Waals surface area contributed by atoms with Crippen molar-refractivity contribution >= 4 is 42.1 Å². The van der Waals surface area contributed by atoms with E-state index in [-0.39, 0.29) is 0 Å². The summed E-state index contributed by atoms with van der Waals surface area (Å²) in [6, 6.07) is 0. The zero-order chi connectivity index (χ0) is 14.7. The first-order valence-electron chi connectivity index (χ1n) is 8.60. The molecule has 0 N–H and O–H groups in total. The van der Waals surface area contributed by atoms with Gasteiger partial charge < -0.3 is 0 Å². The third-order valence-electron chi connectivity index (χ3n) is 4.50. The van der Waals surface area contributed by atoms with Gasteiger partial charge in [0.25, 0.3) is 0 Å². The van der Waals surface area contributed by atoms with Crippen molar-refractivity contribution in [2.45, 2.75) is 102 Å². The molecule has 0 spiro atoms. The van der Waals surface area contributed by atoms with Gasteiger partial charge in [0, 0.05) is 5.25 Å². The second kappa shape index (κ2) is 11.9. The standard InChI is InChI=1S/C16H34S4/c17-20(18,19)16-14-12-10-8-6-4-2-1-3-5-7-9-11-13-15-16/h16-19H,1-15H2. The molecule has 0 amide bonds. The van der Waals surface area contributed by atoms with Gasteiger partial charge in [-0.3, -0.25) is 0 Å². The van der Waals surface area contributed by atoms with Gasteiger partial charge in [-0.2, -0.15) is 0 Å². The van der Waals surface area contributed by atoms with Gasteiger partial charge in [-0.1, -0.05) is 90.6 Å². The molecule has 20 heavy (non-hydrogen) atoms. The minimum Gasteiger partial charge on any atom is -0.112 e. The Morgan fingerprint density at radius 2 is 0.700 bits per heavy atom. The van der Waals surface area contributed by atoms with Crippen molar-refractivity contribution in [2.24, 2.45) is 0 Å². The Balaban J connectivity index is 2.32. The summed E-state index contributed by atoms with van der Waals surface area (Å²) in [4.78, 5) is 0. The Morgan fingerprint density at radius 3 is 0.950 bits per heavy atom. The lowest BCUT2D eigenvalue weighted by Gasteiger charge is -2.32.